The topological polar surface area (TPSA) is 67.6 Å². The van der Waals surface area contributed by atoms with Gasteiger partial charge in [-0.1, -0.05) is 36.4 Å². The van der Waals surface area contributed by atoms with Crippen LogP contribution in [-0.2, 0) is 11.3 Å². The molecule has 34 heavy (non-hydrogen) atoms. The summed E-state index contributed by atoms with van der Waals surface area (Å²) >= 11 is 0. The van der Waals surface area contributed by atoms with E-state index in [9.17, 15) is 9.90 Å². The maximum Gasteiger partial charge on any atom is 0.227 e. The number of nitrogens with zero attached hydrogens (tertiary/aromatic N) is 3. The van der Waals surface area contributed by atoms with Gasteiger partial charge in [0.25, 0.3) is 0 Å². The molecule has 1 aliphatic rings. The number of imidazole rings is 1. The quantitative estimate of drug-likeness (QED) is 0.442. The van der Waals surface area contributed by atoms with Crippen LogP contribution in [0.15, 0.2) is 72.8 Å². The molecule has 0 bridgehead atoms. The van der Waals surface area contributed by atoms with E-state index in [0.29, 0.717) is 19.5 Å². The molecule has 1 amide bonds. The van der Waals surface area contributed by atoms with Crippen LogP contribution in [0.4, 0.5) is 5.69 Å². The van der Waals surface area contributed by atoms with Crippen LogP contribution in [0.3, 0.4) is 0 Å². The number of amides is 1. The normalized spacial score (nSPS) is 16.9. The maximum atomic E-state index is 12.9. The molecule has 1 N–H and O–H groups in total. The molecule has 0 radical (unpaired) electrons. The van der Waals surface area contributed by atoms with E-state index in [4.69, 9.17) is 9.72 Å². The summed E-state index contributed by atoms with van der Waals surface area (Å²) < 4.78 is 7.88. The molecule has 0 aliphatic carbocycles. The first-order valence-corrected chi connectivity index (χ1v) is 11.7. The van der Waals surface area contributed by atoms with Gasteiger partial charge in [-0.25, -0.2) is 4.98 Å². The molecule has 0 unspecified atom stereocenters. The Morgan fingerprint density at radius 2 is 1.79 bits per heavy atom. The average Bonchev–Trinajstić information content (AvgIpc) is 3.38. The summed E-state index contributed by atoms with van der Waals surface area (Å²) in [6, 6.07) is 23.7. The molecular formula is C28H29N3O3. The van der Waals surface area contributed by atoms with Crippen LogP contribution in [0.5, 0.6) is 5.75 Å². The van der Waals surface area contributed by atoms with Crippen LogP contribution in [0, 0.1) is 13.8 Å². The van der Waals surface area contributed by atoms with E-state index in [-0.39, 0.29) is 18.4 Å². The van der Waals surface area contributed by atoms with E-state index < -0.39 is 6.10 Å². The van der Waals surface area contributed by atoms with E-state index in [2.05, 4.69) is 4.57 Å². The minimum atomic E-state index is -0.721. The monoisotopic (exact) mass is 455 g/mol. The van der Waals surface area contributed by atoms with Crippen LogP contribution in [-0.4, -0.2) is 39.8 Å². The van der Waals surface area contributed by atoms with Crippen molar-refractivity contribution in [3.05, 3.63) is 89.7 Å². The maximum absolute atomic E-state index is 12.9. The van der Waals surface area contributed by atoms with E-state index >= 15 is 0 Å². The molecular weight excluding hydrogens is 426 g/mol. The van der Waals surface area contributed by atoms with Crippen molar-refractivity contribution in [2.45, 2.75) is 38.8 Å². The largest absolute Gasteiger partial charge is 0.491 e. The Balaban J connectivity index is 1.38. The van der Waals surface area contributed by atoms with Gasteiger partial charge in [0.2, 0.25) is 5.91 Å². The number of hydrogen-bond donors (Lipinski definition) is 1. The van der Waals surface area contributed by atoms with Crippen LogP contribution < -0.4 is 9.64 Å². The lowest BCUT2D eigenvalue weighted by Crippen LogP contribution is -2.26. The highest BCUT2D eigenvalue weighted by Gasteiger charge is 2.35. The first-order valence-electron chi connectivity index (χ1n) is 11.7. The van der Waals surface area contributed by atoms with Crippen molar-refractivity contribution >= 4 is 22.6 Å². The Labute approximate surface area is 199 Å². The zero-order valence-electron chi connectivity index (χ0n) is 19.5. The van der Waals surface area contributed by atoms with Crippen LogP contribution in [0.25, 0.3) is 11.0 Å². The Kier molecular flexibility index (Phi) is 6.07. The SMILES string of the molecule is Cc1cccc(OC[C@@H](O)Cn2c([C@@H]3CC(=O)N(c4cccc(C)c4)C3)nc3ccccc32)c1. The fraction of sp³-hybridized carbons (Fsp3) is 0.286. The van der Waals surface area contributed by atoms with Gasteiger partial charge in [0.15, 0.2) is 0 Å². The number of aliphatic hydroxyl groups excluding tert-OH is 1. The molecule has 1 aliphatic heterocycles. The summed E-state index contributed by atoms with van der Waals surface area (Å²) in [5, 5.41) is 10.8. The zero-order chi connectivity index (χ0) is 23.7. The predicted octanol–water partition coefficient (Wildman–Crippen LogP) is 4.61. The van der Waals surface area contributed by atoms with Gasteiger partial charge in [-0.05, 0) is 61.4 Å². The second-order valence-corrected chi connectivity index (χ2v) is 9.10. The molecule has 5 rings (SSSR count). The van der Waals surface area contributed by atoms with Gasteiger partial charge >= 0.3 is 0 Å². The summed E-state index contributed by atoms with van der Waals surface area (Å²) in [7, 11) is 0. The van der Waals surface area contributed by atoms with Crippen molar-refractivity contribution in [1.29, 1.82) is 0 Å². The summed E-state index contributed by atoms with van der Waals surface area (Å²) in [6.07, 6.45) is -0.325. The zero-order valence-corrected chi connectivity index (χ0v) is 19.5. The number of carbonyl (C=O) groups excluding carboxylic acids is 1. The van der Waals surface area contributed by atoms with Crippen LogP contribution in [0.1, 0.15) is 29.3 Å². The van der Waals surface area contributed by atoms with Gasteiger partial charge in [-0.15, -0.1) is 0 Å². The fourth-order valence-corrected chi connectivity index (χ4v) is 4.68. The minimum absolute atomic E-state index is 0.0506. The molecule has 4 aromatic rings. The van der Waals surface area contributed by atoms with E-state index in [1.165, 1.54) is 0 Å². The number of para-hydroxylation sites is 2. The molecule has 1 fully saturated rings. The summed E-state index contributed by atoms with van der Waals surface area (Å²) in [4.78, 5) is 19.7. The Bertz CT molecular complexity index is 1330. The molecule has 174 valence electrons. The second kappa shape index (κ2) is 9.31. The summed E-state index contributed by atoms with van der Waals surface area (Å²) in [5.41, 5.74) is 4.97. The average molecular weight is 456 g/mol. The number of aromatic nitrogens is 2. The Morgan fingerprint density at radius 3 is 2.59 bits per heavy atom. The minimum Gasteiger partial charge on any atom is -0.491 e. The van der Waals surface area contributed by atoms with Crippen molar-refractivity contribution in [2.24, 2.45) is 0 Å². The van der Waals surface area contributed by atoms with Gasteiger partial charge in [-0.3, -0.25) is 4.79 Å². The van der Waals surface area contributed by atoms with Crippen molar-refractivity contribution in [2.75, 3.05) is 18.1 Å². The molecule has 6 heteroatoms. The molecule has 6 nitrogen and oxygen atoms in total. The number of aliphatic hydroxyl groups is 1. The summed E-state index contributed by atoms with van der Waals surface area (Å²) in [6.45, 7) is 5.13. The van der Waals surface area contributed by atoms with E-state index in [1.54, 1.807) is 0 Å². The van der Waals surface area contributed by atoms with Crippen molar-refractivity contribution in [3.63, 3.8) is 0 Å². The van der Waals surface area contributed by atoms with Crippen molar-refractivity contribution in [1.82, 2.24) is 9.55 Å². The molecule has 1 aromatic heterocycles. The third-order valence-corrected chi connectivity index (χ3v) is 6.31. The number of carbonyl (C=O) groups is 1. The number of fused-ring (bicyclic) bond motifs is 1. The number of hydrogen-bond acceptors (Lipinski definition) is 4. The van der Waals surface area contributed by atoms with E-state index in [1.807, 2.05) is 91.5 Å². The highest BCUT2D eigenvalue weighted by Crippen LogP contribution is 2.33. The van der Waals surface area contributed by atoms with Gasteiger partial charge in [-0.2, -0.15) is 0 Å². The lowest BCUT2D eigenvalue weighted by molar-refractivity contribution is -0.117. The Hall–Kier alpha value is -3.64. The molecule has 2 heterocycles. The number of rotatable bonds is 7. The second-order valence-electron chi connectivity index (χ2n) is 9.10. The lowest BCUT2D eigenvalue weighted by Gasteiger charge is -2.19. The smallest absolute Gasteiger partial charge is 0.227 e. The van der Waals surface area contributed by atoms with Gasteiger partial charge < -0.3 is 19.3 Å². The highest BCUT2D eigenvalue weighted by atomic mass is 16.5. The van der Waals surface area contributed by atoms with Gasteiger partial charge in [0.05, 0.1) is 17.6 Å². The molecule has 0 saturated carbocycles. The van der Waals surface area contributed by atoms with Crippen LogP contribution in [0.2, 0.25) is 0 Å². The van der Waals surface area contributed by atoms with Crippen molar-refractivity contribution in [3.8, 4) is 5.75 Å². The number of aryl methyl sites for hydroxylation is 2. The third-order valence-electron chi connectivity index (χ3n) is 6.31. The van der Waals surface area contributed by atoms with Gasteiger partial charge in [0, 0.05) is 24.6 Å². The third kappa shape index (κ3) is 4.54. The first-order chi connectivity index (χ1) is 16.5. The fourth-order valence-electron chi connectivity index (χ4n) is 4.68. The Morgan fingerprint density at radius 1 is 1.03 bits per heavy atom. The lowest BCUT2D eigenvalue weighted by atomic mass is 10.1. The highest BCUT2D eigenvalue weighted by molar-refractivity contribution is 5.96. The predicted molar refractivity (Wildman–Crippen MR) is 133 cm³/mol. The number of ether oxygens (including phenoxy) is 1. The van der Waals surface area contributed by atoms with Gasteiger partial charge in [0.1, 0.15) is 24.3 Å². The molecule has 1 saturated heterocycles. The first kappa shape index (κ1) is 22.2. The summed E-state index contributed by atoms with van der Waals surface area (Å²) in [5.74, 6) is 1.62. The number of anilines is 1. The standard InChI is InChI=1S/C28H29N3O3/c1-19-7-5-9-22(13-19)30-16-21(15-27(30)33)28-29-25-11-3-4-12-26(25)31(28)17-23(32)18-34-24-10-6-8-20(2)14-24/h3-14,21,23,32H,15-18H2,1-2H3/t21-,23+/m1/s1. The molecule has 0 spiro atoms. The molecule has 3 aromatic carbocycles. The van der Waals surface area contributed by atoms with Crippen molar-refractivity contribution < 1.29 is 14.6 Å². The molecule has 2 atom stereocenters. The number of benzene rings is 3. The van der Waals surface area contributed by atoms with Crippen LogP contribution >= 0.6 is 0 Å². The van der Waals surface area contributed by atoms with E-state index in [0.717, 1.165) is 39.4 Å².